The lowest BCUT2D eigenvalue weighted by molar-refractivity contribution is 1.05. The Bertz CT molecular complexity index is 223. The molecule has 0 fully saturated rings. The predicted molar refractivity (Wildman–Crippen MR) is 41.8 cm³/mol. The van der Waals surface area contributed by atoms with Gasteiger partial charge in [0.15, 0.2) is 0 Å². The Morgan fingerprint density at radius 1 is 1.30 bits per heavy atom. The van der Waals surface area contributed by atoms with Crippen molar-refractivity contribution in [1.82, 2.24) is 9.97 Å². The molecule has 55 valence electrons. The molecule has 0 aliphatic rings. The SMILES string of the molecule is C[C](C)c1[nH]c(C)nc1C. The van der Waals surface area contributed by atoms with E-state index in [0.717, 1.165) is 11.5 Å². The first-order valence-corrected chi connectivity index (χ1v) is 3.45. The van der Waals surface area contributed by atoms with Crippen LogP contribution in [0.4, 0.5) is 0 Å². The van der Waals surface area contributed by atoms with Crippen molar-refractivity contribution < 1.29 is 0 Å². The summed E-state index contributed by atoms with van der Waals surface area (Å²) in [6.45, 7) is 8.16. The average Bonchev–Trinajstić information content (AvgIpc) is 2.10. The van der Waals surface area contributed by atoms with Crippen molar-refractivity contribution in [2.75, 3.05) is 0 Å². The van der Waals surface area contributed by atoms with E-state index in [1.807, 2.05) is 13.8 Å². The van der Waals surface area contributed by atoms with Gasteiger partial charge in [-0.15, -0.1) is 0 Å². The molecule has 0 spiro atoms. The molecule has 1 heterocycles. The van der Waals surface area contributed by atoms with Crippen molar-refractivity contribution in [1.29, 1.82) is 0 Å². The van der Waals surface area contributed by atoms with E-state index >= 15 is 0 Å². The molecule has 1 radical (unpaired) electrons. The van der Waals surface area contributed by atoms with Crippen LogP contribution in [-0.4, -0.2) is 9.97 Å². The summed E-state index contributed by atoms with van der Waals surface area (Å²) in [6.07, 6.45) is 0. The second kappa shape index (κ2) is 2.45. The summed E-state index contributed by atoms with van der Waals surface area (Å²) in [5.74, 6) is 2.28. The molecule has 2 heteroatoms. The van der Waals surface area contributed by atoms with Crippen molar-refractivity contribution in [3.63, 3.8) is 0 Å². The molecule has 0 saturated heterocycles. The minimum absolute atomic E-state index is 0.994. The first-order chi connectivity index (χ1) is 4.61. The van der Waals surface area contributed by atoms with Crippen LogP contribution >= 0.6 is 0 Å². The van der Waals surface area contributed by atoms with Crippen LogP contribution in [0.2, 0.25) is 0 Å². The molecule has 1 N–H and O–H groups in total. The molecular formula is C8H13N2. The standard InChI is InChI=1S/C8H13N2/c1-5(2)8-6(3)9-7(4)10-8/h1-4H3,(H,9,10). The van der Waals surface area contributed by atoms with Gasteiger partial charge in [-0.2, -0.15) is 0 Å². The molecule has 0 aliphatic carbocycles. The zero-order chi connectivity index (χ0) is 7.72. The van der Waals surface area contributed by atoms with E-state index in [1.165, 1.54) is 11.6 Å². The monoisotopic (exact) mass is 137 g/mol. The van der Waals surface area contributed by atoms with Gasteiger partial charge in [-0.05, 0) is 13.8 Å². The quantitative estimate of drug-likeness (QED) is 0.630. The first kappa shape index (κ1) is 7.32. The van der Waals surface area contributed by atoms with Crippen LogP contribution in [0, 0.1) is 19.8 Å². The maximum absolute atomic E-state index is 4.26. The maximum atomic E-state index is 4.26. The second-order valence-electron chi connectivity index (χ2n) is 2.78. The van der Waals surface area contributed by atoms with Crippen LogP contribution < -0.4 is 0 Å². The normalized spacial score (nSPS) is 10.9. The fourth-order valence-electron chi connectivity index (χ4n) is 1.09. The molecule has 0 bridgehead atoms. The number of hydrogen-bond donors (Lipinski definition) is 1. The van der Waals surface area contributed by atoms with Crippen molar-refractivity contribution >= 4 is 0 Å². The molecule has 1 aromatic heterocycles. The largest absolute Gasteiger partial charge is 0.345 e. The van der Waals surface area contributed by atoms with E-state index in [4.69, 9.17) is 0 Å². The van der Waals surface area contributed by atoms with Crippen molar-refractivity contribution in [3.05, 3.63) is 23.1 Å². The highest BCUT2D eigenvalue weighted by Gasteiger charge is 2.06. The van der Waals surface area contributed by atoms with Gasteiger partial charge < -0.3 is 4.98 Å². The zero-order valence-corrected chi connectivity index (χ0v) is 6.95. The maximum Gasteiger partial charge on any atom is 0.103 e. The van der Waals surface area contributed by atoms with Gasteiger partial charge in [0.1, 0.15) is 5.82 Å². The van der Waals surface area contributed by atoms with Crippen LogP contribution in [0.5, 0.6) is 0 Å². The van der Waals surface area contributed by atoms with Gasteiger partial charge in [0, 0.05) is 11.6 Å². The van der Waals surface area contributed by atoms with Crippen molar-refractivity contribution in [3.8, 4) is 0 Å². The van der Waals surface area contributed by atoms with E-state index in [1.54, 1.807) is 0 Å². The molecule has 1 rings (SSSR count). The molecule has 0 aromatic carbocycles. The Kier molecular flexibility index (Phi) is 1.79. The van der Waals surface area contributed by atoms with E-state index in [2.05, 4.69) is 23.8 Å². The molecule has 0 saturated carbocycles. The topological polar surface area (TPSA) is 28.7 Å². The average molecular weight is 137 g/mol. The fraction of sp³-hybridized carbons (Fsp3) is 0.500. The summed E-state index contributed by atoms with van der Waals surface area (Å²) in [5.41, 5.74) is 2.27. The highest BCUT2D eigenvalue weighted by Crippen LogP contribution is 2.14. The number of aromatic amines is 1. The van der Waals surface area contributed by atoms with E-state index < -0.39 is 0 Å². The zero-order valence-electron chi connectivity index (χ0n) is 6.95. The fourth-order valence-corrected chi connectivity index (χ4v) is 1.09. The van der Waals surface area contributed by atoms with Crippen LogP contribution in [0.1, 0.15) is 31.1 Å². The third kappa shape index (κ3) is 1.20. The highest BCUT2D eigenvalue weighted by molar-refractivity contribution is 5.25. The number of aryl methyl sites for hydroxylation is 2. The number of nitrogens with one attached hydrogen (secondary N) is 1. The lowest BCUT2D eigenvalue weighted by Crippen LogP contribution is -1.90. The third-order valence-corrected chi connectivity index (χ3v) is 1.50. The Balaban J connectivity index is 3.03. The predicted octanol–water partition coefficient (Wildman–Crippen LogP) is 1.99. The Morgan fingerprint density at radius 3 is 2.10 bits per heavy atom. The smallest absolute Gasteiger partial charge is 0.103 e. The molecule has 1 aromatic rings. The number of nitrogens with zero attached hydrogens (tertiary/aromatic N) is 1. The minimum Gasteiger partial charge on any atom is -0.345 e. The van der Waals surface area contributed by atoms with Crippen molar-refractivity contribution in [2.45, 2.75) is 27.7 Å². The minimum atomic E-state index is 0.994. The summed E-state index contributed by atoms with van der Waals surface area (Å²) in [4.78, 5) is 7.45. The summed E-state index contributed by atoms with van der Waals surface area (Å²) >= 11 is 0. The van der Waals surface area contributed by atoms with E-state index in [9.17, 15) is 0 Å². The molecule has 2 nitrogen and oxygen atoms in total. The number of aromatic nitrogens is 2. The summed E-state index contributed by atoms with van der Waals surface area (Å²) in [5, 5.41) is 0. The molecule has 10 heavy (non-hydrogen) atoms. The summed E-state index contributed by atoms with van der Waals surface area (Å²) in [6, 6.07) is 0. The van der Waals surface area contributed by atoms with Gasteiger partial charge in [0.25, 0.3) is 0 Å². The lowest BCUT2D eigenvalue weighted by atomic mass is 10.1. The molecule has 0 atom stereocenters. The van der Waals surface area contributed by atoms with E-state index in [-0.39, 0.29) is 0 Å². The van der Waals surface area contributed by atoms with Crippen LogP contribution in [0.3, 0.4) is 0 Å². The molecule has 0 aliphatic heterocycles. The van der Waals surface area contributed by atoms with Gasteiger partial charge in [-0.25, -0.2) is 4.98 Å². The van der Waals surface area contributed by atoms with Gasteiger partial charge in [-0.1, -0.05) is 13.8 Å². The van der Waals surface area contributed by atoms with Crippen molar-refractivity contribution in [2.24, 2.45) is 0 Å². The number of rotatable bonds is 1. The molecular weight excluding hydrogens is 124 g/mol. The Labute approximate surface area is 61.7 Å². The van der Waals surface area contributed by atoms with Gasteiger partial charge >= 0.3 is 0 Å². The third-order valence-electron chi connectivity index (χ3n) is 1.50. The summed E-state index contributed by atoms with van der Waals surface area (Å²) < 4.78 is 0. The highest BCUT2D eigenvalue weighted by atomic mass is 14.9. The van der Waals surface area contributed by atoms with Gasteiger partial charge in [0.05, 0.1) is 5.69 Å². The van der Waals surface area contributed by atoms with Crippen LogP contribution in [-0.2, 0) is 0 Å². The molecule has 0 unspecified atom stereocenters. The van der Waals surface area contributed by atoms with Crippen LogP contribution in [0.15, 0.2) is 0 Å². The number of H-pyrrole nitrogens is 1. The lowest BCUT2D eigenvalue weighted by Gasteiger charge is -1.99. The Morgan fingerprint density at radius 2 is 1.90 bits per heavy atom. The number of hydrogen-bond acceptors (Lipinski definition) is 1. The molecule has 0 amide bonds. The Hall–Kier alpha value is -0.790. The van der Waals surface area contributed by atoms with E-state index in [0.29, 0.717) is 0 Å². The second-order valence-corrected chi connectivity index (χ2v) is 2.78. The number of imidazole rings is 1. The van der Waals surface area contributed by atoms with Crippen LogP contribution in [0.25, 0.3) is 0 Å². The van der Waals surface area contributed by atoms with Gasteiger partial charge in [0.2, 0.25) is 0 Å². The first-order valence-electron chi connectivity index (χ1n) is 3.45. The summed E-state index contributed by atoms with van der Waals surface area (Å²) in [7, 11) is 0. The van der Waals surface area contributed by atoms with Gasteiger partial charge in [-0.3, -0.25) is 0 Å².